The van der Waals surface area contributed by atoms with E-state index in [0.717, 1.165) is 54.4 Å². The summed E-state index contributed by atoms with van der Waals surface area (Å²) in [6, 6.07) is 14.8. The average molecular weight is 334 g/mol. The molecule has 5 rings (SSSR count). The lowest BCUT2D eigenvalue weighted by molar-refractivity contribution is -0.143. The Morgan fingerprint density at radius 2 is 1.96 bits per heavy atom. The Hall–Kier alpha value is -2.33. The molecule has 0 radical (unpaired) electrons. The highest BCUT2D eigenvalue weighted by molar-refractivity contribution is 6.05. The summed E-state index contributed by atoms with van der Waals surface area (Å²) in [5.41, 5.74) is 3.05. The van der Waals surface area contributed by atoms with E-state index in [0.29, 0.717) is 6.04 Å². The van der Waals surface area contributed by atoms with Crippen LogP contribution in [0.5, 0.6) is 0 Å². The van der Waals surface area contributed by atoms with E-state index >= 15 is 0 Å². The molecule has 4 nitrogen and oxygen atoms in total. The molecular weight excluding hydrogens is 312 g/mol. The van der Waals surface area contributed by atoms with E-state index in [1.165, 1.54) is 5.56 Å². The minimum atomic E-state index is -0.0611. The van der Waals surface area contributed by atoms with Crippen molar-refractivity contribution in [1.29, 1.82) is 0 Å². The molecule has 1 aromatic heterocycles. The highest BCUT2D eigenvalue weighted by Crippen LogP contribution is 2.33. The topological polar surface area (TPSA) is 36.7 Å². The largest absolute Gasteiger partial charge is 0.456 e. The van der Waals surface area contributed by atoms with Crippen LogP contribution in [0.25, 0.3) is 21.9 Å². The quantitative estimate of drug-likeness (QED) is 0.716. The maximum absolute atomic E-state index is 12.7. The summed E-state index contributed by atoms with van der Waals surface area (Å²) in [5.74, 6) is 0.283. The van der Waals surface area contributed by atoms with E-state index in [4.69, 9.17) is 4.42 Å². The average Bonchev–Trinajstić information content (AvgIpc) is 3.24. The molecule has 2 saturated heterocycles. The van der Waals surface area contributed by atoms with Crippen LogP contribution in [0.4, 0.5) is 0 Å². The number of amides is 1. The summed E-state index contributed by atoms with van der Waals surface area (Å²) in [6.07, 6.45) is 2.26. The summed E-state index contributed by atoms with van der Waals surface area (Å²) in [7, 11) is 0. The van der Waals surface area contributed by atoms with E-state index < -0.39 is 0 Å². The Morgan fingerprint density at radius 3 is 2.88 bits per heavy atom. The lowest BCUT2D eigenvalue weighted by Gasteiger charge is -2.41. The fourth-order valence-corrected chi connectivity index (χ4v) is 4.49. The number of carbonyl (C=O) groups excluding carboxylic acids is 1. The molecule has 2 aliphatic heterocycles. The molecule has 0 unspecified atom stereocenters. The van der Waals surface area contributed by atoms with Gasteiger partial charge in [0.1, 0.15) is 11.2 Å². The molecule has 4 heteroatoms. The Bertz CT molecular complexity index is 961. The second kappa shape index (κ2) is 5.60. The predicted molar refractivity (Wildman–Crippen MR) is 98.3 cm³/mol. The monoisotopic (exact) mass is 334 g/mol. The molecule has 25 heavy (non-hydrogen) atoms. The maximum atomic E-state index is 12.7. The van der Waals surface area contributed by atoms with E-state index in [2.05, 4.69) is 34.1 Å². The third kappa shape index (κ3) is 2.28. The van der Waals surface area contributed by atoms with E-state index in [9.17, 15) is 4.79 Å². The number of furan rings is 1. The van der Waals surface area contributed by atoms with Crippen LogP contribution in [-0.4, -0.2) is 40.9 Å². The zero-order valence-corrected chi connectivity index (χ0v) is 14.4. The van der Waals surface area contributed by atoms with Crippen molar-refractivity contribution >= 4 is 27.8 Å². The fourth-order valence-electron chi connectivity index (χ4n) is 4.49. The first-order valence-corrected chi connectivity index (χ1v) is 9.16. The van der Waals surface area contributed by atoms with Crippen LogP contribution in [0.3, 0.4) is 0 Å². The number of rotatable bonds is 2. The van der Waals surface area contributed by atoms with Crippen LogP contribution in [0.2, 0.25) is 0 Å². The molecule has 2 aromatic carbocycles. The van der Waals surface area contributed by atoms with Gasteiger partial charge in [0.05, 0.1) is 6.04 Å². The summed E-state index contributed by atoms with van der Waals surface area (Å²) < 4.78 is 6.15. The Kier molecular flexibility index (Phi) is 3.35. The molecule has 0 spiro atoms. The zero-order chi connectivity index (χ0) is 17.0. The highest BCUT2D eigenvalue weighted by Gasteiger charge is 2.40. The van der Waals surface area contributed by atoms with Crippen molar-refractivity contribution in [2.45, 2.75) is 38.4 Å². The zero-order valence-electron chi connectivity index (χ0n) is 14.4. The van der Waals surface area contributed by atoms with Crippen LogP contribution in [0.15, 0.2) is 46.9 Å². The number of nitrogens with zero attached hydrogens (tertiary/aromatic N) is 2. The standard InChI is InChI=1S/C21H22N2O2/c1-14-21(24)23-11-5-7-16(23)13-22(14)12-15-6-4-9-18-17-8-2-3-10-19(17)25-20(15)18/h2-4,6,8-10,14,16H,5,7,11-13H2,1H3/t14-,16-/m0/s1. The number of hydrogen-bond acceptors (Lipinski definition) is 3. The first-order valence-electron chi connectivity index (χ1n) is 9.16. The number of para-hydroxylation sites is 2. The number of benzene rings is 2. The van der Waals surface area contributed by atoms with Gasteiger partial charge in [-0.25, -0.2) is 0 Å². The third-order valence-electron chi connectivity index (χ3n) is 5.87. The van der Waals surface area contributed by atoms with Crippen molar-refractivity contribution in [1.82, 2.24) is 9.80 Å². The van der Waals surface area contributed by atoms with Gasteiger partial charge in [-0.2, -0.15) is 0 Å². The van der Waals surface area contributed by atoms with Crippen LogP contribution in [0.1, 0.15) is 25.3 Å². The van der Waals surface area contributed by atoms with Gasteiger partial charge < -0.3 is 9.32 Å². The molecule has 2 aliphatic rings. The minimum Gasteiger partial charge on any atom is -0.456 e. The van der Waals surface area contributed by atoms with Crippen molar-refractivity contribution in [2.75, 3.05) is 13.1 Å². The number of fused-ring (bicyclic) bond motifs is 4. The molecule has 0 saturated carbocycles. The van der Waals surface area contributed by atoms with Gasteiger partial charge in [-0.1, -0.05) is 36.4 Å². The minimum absolute atomic E-state index is 0.0611. The van der Waals surface area contributed by atoms with Crippen LogP contribution >= 0.6 is 0 Å². The van der Waals surface area contributed by atoms with E-state index in [-0.39, 0.29) is 11.9 Å². The number of hydrogen-bond donors (Lipinski definition) is 0. The molecule has 0 bridgehead atoms. The molecule has 0 aliphatic carbocycles. The Morgan fingerprint density at radius 1 is 1.12 bits per heavy atom. The van der Waals surface area contributed by atoms with Gasteiger partial charge >= 0.3 is 0 Å². The van der Waals surface area contributed by atoms with Gasteiger partial charge in [0.15, 0.2) is 0 Å². The normalized spacial score (nSPS) is 24.4. The molecule has 3 aromatic rings. The lowest BCUT2D eigenvalue weighted by atomic mass is 10.0. The maximum Gasteiger partial charge on any atom is 0.239 e. The molecule has 2 fully saturated rings. The second-order valence-corrected chi connectivity index (χ2v) is 7.33. The first-order chi connectivity index (χ1) is 12.2. The molecule has 3 heterocycles. The molecule has 0 N–H and O–H groups in total. The molecule has 128 valence electrons. The van der Waals surface area contributed by atoms with Crippen molar-refractivity contribution in [3.05, 3.63) is 48.0 Å². The first kappa shape index (κ1) is 15.0. The molecular formula is C21H22N2O2. The summed E-state index contributed by atoms with van der Waals surface area (Å²) in [6.45, 7) is 4.69. The van der Waals surface area contributed by atoms with Gasteiger partial charge in [0.2, 0.25) is 5.91 Å². The second-order valence-electron chi connectivity index (χ2n) is 7.33. The summed E-state index contributed by atoms with van der Waals surface area (Å²) in [4.78, 5) is 17.1. The summed E-state index contributed by atoms with van der Waals surface area (Å²) in [5, 5.41) is 2.32. The van der Waals surface area contributed by atoms with Gasteiger partial charge in [-0.05, 0) is 25.8 Å². The highest BCUT2D eigenvalue weighted by atomic mass is 16.3. The Labute approximate surface area is 147 Å². The van der Waals surface area contributed by atoms with Crippen molar-refractivity contribution in [3.63, 3.8) is 0 Å². The van der Waals surface area contributed by atoms with Gasteiger partial charge in [0, 0.05) is 42.0 Å². The van der Waals surface area contributed by atoms with E-state index in [1.807, 2.05) is 25.1 Å². The van der Waals surface area contributed by atoms with Gasteiger partial charge in [-0.3, -0.25) is 9.69 Å². The predicted octanol–water partition coefficient (Wildman–Crippen LogP) is 3.78. The van der Waals surface area contributed by atoms with Crippen LogP contribution < -0.4 is 0 Å². The third-order valence-corrected chi connectivity index (χ3v) is 5.87. The number of carbonyl (C=O) groups is 1. The van der Waals surface area contributed by atoms with Gasteiger partial charge in [0.25, 0.3) is 0 Å². The fraction of sp³-hybridized carbons (Fsp3) is 0.381. The molecule has 1 amide bonds. The van der Waals surface area contributed by atoms with Crippen molar-refractivity contribution < 1.29 is 9.21 Å². The SMILES string of the molecule is C[C@H]1C(=O)N2CCC[C@H]2CN1Cc1cccc2c1oc1ccccc12. The Balaban J connectivity index is 1.52. The van der Waals surface area contributed by atoms with Crippen LogP contribution in [0, 0.1) is 0 Å². The number of piperazine rings is 1. The van der Waals surface area contributed by atoms with E-state index in [1.54, 1.807) is 0 Å². The van der Waals surface area contributed by atoms with Crippen molar-refractivity contribution in [3.8, 4) is 0 Å². The lowest BCUT2D eigenvalue weighted by Crippen LogP contribution is -2.58. The molecule has 2 atom stereocenters. The van der Waals surface area contributed by atoms with Crippen LogP contribution in [-0.2, 0) is 11.3 Å². The summed E-state index contributed by atoms with van der Waals surface area (Å²) >= 11 is 0. The van der Waals surface area contributed by atoms with Gasteiger partial charge in [-0.15, -0.1) is 0 Å². The van der Waals surface area contributed by atoms with Crippen molar-refractivity contribution in [2.24, 2.45) is 0 Å². The smallest absolute Gasteiger partial charge is 0.239 e.